The van der Waals surface area contributed by atoms with Crippen molar-refractivity contribution < 1.29 is 23.1 Å². The van der Waals surface area contributed by atoms with E-state index in [4.69, 9.17) is 0 Å². The summed E-state index contributed by atoms with van der Waals surface area (Å²) in [5.74, 6) is -0.896. The highest BCUT2D eigenvalue weighted by Crippen LogP contribution is 2.32. The minimum atomic E-state index is -4.02. The maximum Gasteiger partial charge on any atom is 0.305 e. The smallest absolute Gasteiger partial charge is 0.305 e. The number of carboxylic acid groups (broad SMARTS) is 1. The molecule has 0 spiro atoms. The summed E-state index contributed by atoms with van der Waals surface area (Å²) < 4.78 is 26.4. The summed E-state index contributed by atoms with van der Waals surface area (Å²) in [6.07, 6.45) is 3.23. The molecule has 1 amide bonds. The van der Waals surface area contributed by atoms with Gasteiger partial charge in [0, 0.05) is 42.4 Å². The molecule has 1 aliphatic rings. The van der Waals surface area contributed by atoms with Crippen LogP contribution in [-0.2, 0) is 14.6 Å². The molecule has 1 unspecified atom stereocenters. The van der Waals surface area contributed by atoms with Crippen LogP contribution in [0.5, 0.6) is 0 Å². The molecule has 1 atom stereocenters. The molecule has 0 saturated carbocycles. The van der Waals surface area contributed by atoms with Crippen LogP contribution in [0.3, 0.4) is 0 Å². The minimum absolute atomic E-state index is 0.0507. The third-order valence-corrected chi connectivity index (χ3v) is 7.66. The molecule has 2 heterocycles. The van der Waals surface area contributed by atoms with E-state index in [9.17, 15) is 23.1 Å². The van der Waals surface area contributed by atoms with Crippen LogP contribution in [0.4, 0.5) is 11.4 Å². The zero-order valence-corrected chi connectivity index (χ0v) is 20.0. The van der Waals surface area contributed by atoms with Crippen LogP contribution < -0.4 is 16.0 Å². The van der Waals surface area contributed by atoms with Gasteiger partial charge < -0.3 is 21.1 Å². The zero-order chi connectivity index (χ0) is 25.5. The van der Waals surface area contributed by atoms with Crippen molar-refractivity contribution >= 4 is 39.0 Å². The minimum Gasteiger partial charge on any atom is -0.481 e. The molecule has 4 rings (SSSR count). The second kappa shape index (κ2) is 11.0. The normalized spacial score (nSPS) is 14.2. The van der Waals surface area contributed by atoms with Gasteiger partial charge in [0.15, 0.2) is 15.8 Å². The molecule has 36 heavy (non-hydrogen) atoms. The molecule has 0 radical (unpaired) electrons. The molecular formula is C25H25N5O5S. The number of carbonyl (C=O) groups is 2. The maximum absolute atomic E-state index is 13.2. The molecule has 1 aliphatic heterocycles. The van der Waals surface area contributed by atoms with Gasteiger partial charge in [-0.3, -0.25) is 19.6 Å². The van der Waals surface area contributed by atoms with Crippen molar-refractivity contribution in [2.45, 2.75) is 23.0 Å². The lowest BCUT2D eigenvalue weighted by Crippen LogP contribution is -2.35. The highest BCUT2D eigenvalue weighted by atomic mass is 32.2. The highest BCUT2D eigenvalue weighted by molar-refractivity contribution is 7.91. The number of pyridine rings is 1. The molecule has 10 nitrogen and oxygen atoms in total. The van der Waals surface area contributed by atoms with Crippen LogP contribution in [0.15, 0.2) is 82.9 Å². The van der Waals surface area contributed by atoms with E-state index >= 15 is 0 Å². The predicted molar refractivity (Wildman–Crippen MR) is 136 cm³/mol. The first-order valence-corrected chi connectivity index (χ1v) is 12.8. The van der Waals surface area contributed by atoms with E-state index in [0.29, 0.717) is 22.8 Å². The number of aliphatic imine (C=N–C) groups is 1. The number of nitrogens with zero attached hydrogens (tertiary/aromatic N) is 2. The van der Waals surface area contributed by atoms with Crippen molar-refractivity contribution in [2.75, 3.05) is 23.7 Å². The first kappa shape index (κ1) is 24.9. The van der Waals surface area contributed by atoms with E-state index < -0.39 is 27.5 Å². The molecule has 0 saturated heterocycles. The Labute approximate surface area is 208 Å². The first-order valence-electron chi connectivity index (χ1n) is 11.3. The fourth-order valence-electron chi connectivity index (χ4n) is 3.69. The van der Waals surface area contributed by atoms with Crippen LogP contribution in [0.1, 0.15) is 34.0 Å². The summed E-state index contributed by atoms with van der Waals surface area (Å²) in [6.45, 7) is 1.62. The number of hydrogen-bond donors (Lipinski definition) is 4. The second-order valence-electron chi connectivity index (χ2n) is 8.11. The Morgan fingerprint density at radius 2 is 1.75 bits per heavy atom. The number of carbonyl (C=O) groups excluding carboxylic acids is 1. The van der Waals surface area contributed by atoms with E-state index in [1.165, 1.54) is 42.7 Å². The lowest BCUT2D eigenvalue weighted by atomic mass is 10.1. The number of guanidine groups is 1. The van der Waals surface area contributed by atoms with Crippen molar-refractivity contribution in [3.63, 3.8) is 0 Å². The Bertz CT molecular complexity index is 1360. The Kier molecular flexibility index (Phi) is 7.59. The quantitative estimate of drug-likeness (QED) is 0.363. The van der Waals surface area contributed by atoms with E-state index in [0.717, 1.165) is 25.2 Å². The number of sulfone groups is 1. The number of aromatic nitrogens is 1. The van der Waals surface area contributed by atoms with Crippen LogP contribution >= 0.6 is 0 Å². The Balaban J connectivity index is 1.44. The van der Waals surface area contributed by atoms with Crippen molar-refractivity contribution in [2.24, 2.45) is 4.99 Å². The number of aliphatic carboxylic acids is 1. The first-order chi connectivity index (χ1) is 17.3. The van der Waals surface area contributed by atoms with Crippen LogP contribution in [-0.4, -0.2) is 49.4 Å². The van der Waals surface area contributed by atoms with E-state index in [1.54, 1.807) is 30.3 Å². The largest absolute Gasteiger partial charge is 0.481 e. The average Bonchev–Trinajstić information content (AvgIpc) is 2.89. The Morgan fingerprint density at radius 3 is 2.36 bits per heavy atom. The van der Waals surface area contributed by atoms with Crippen LogP contribution in [0.25, 0.3) is 0 Å². The molecule has 1 aromatic heterocycles. The van der Waals surface area contributed by atoms with Gasteiger partial charge in [-0.2, -0.15) is 0 Å². The summed E-state index contributed by atoms with van der Waals surface area (Å²) in [6, 6.07) is 15.6. The van der Waals surface area contributed by atoms with Gasteiger partial charge in [-0.15, -0.1) is 0 Å². The van der Waals surface area contributed by atoms with E-state index in [2.05, 4.69) is 25.9 Å². The number of nitrogens with one attached hydrogen (secondary N) is 3. The number of rotatable bonds is 8. The number of amides is 1. The third-order valence-electron chi connectivity index (χ3n) is 5.54. The summed E-state index contributed by atoms with van der Waals surface area (Å²) in [4.78, 5) is 32.2. The zero-order valence-electron chi connectivity index (χ0n) is 19.2. The predicted octanol–water partition coefficient (Wildman–Crippen LogP) is 3.08. The van der Waals surface area contributed by atoms with Crippen molar-refractivity contribution in [1.82, 2.24) is 10.3 Å². The molecule has 2 aromatic carbocycles. The summed E-state index contributed by atoms with van der Waals surface area (Å²) >= 11 is 0. The lowest BCUT2D eigenvalue weighted by molar-refractivity contribution is -0.137. The van der Waals surface area contributed by atoms with E-state index in [1.807, 2.05) is 0 Å². The number of hydrogen-bond acceptors (Lipinski definition) is 8. The summed E-state index contributed by atoms with van der Waals surface area (Å²) in [7, 11) is -4.02. The standard InChI is InChI=1S/C25H25N5O5S/c31-23(32)15-22(18-3-1-12-26-16-18)36(34,35)21-10-8-19(9-11-21)29-24(33)17-4-6-20(7-5-17)30-25-27-13-2-14-28-25/h1,3-12,16,22H,2,13-15H2,(H,29,33)(H,31,32)(H2,27,28,30). The molecular weight excluding hydrogens is 482 g/mol. The van der Waals surface area contributed by atoms with Gasteiger partial charge in [-0.05, 0) is 66.6 Å². The van der Waals surface area contributed by atoms with Crippen molar-refractivity contribution in [1.29, 1.82) is 0 Å². The average molecular weight is 508 g/mol. The van der Waals surface area contributed by atoms with Crippen LogP contribution in [0, 0.1) is 0 Å². The van der Waals surface area contributed by atoms with Gasteiger partial charge in [0.05, 0.1) is 11.3 Å². The molecule has 4 N–H and O–H groups in total. The van der Waals surface area contributed by atoms with Gasteiger partial charge >= 0.3 is 5.97 Å². The molecule has 0 aliphatic carbocycles. The third kappa shape index (κ3) is 6.05. The number of anilines is 2. The fraction of sp³-hybridized carbons (Fsp3) is 0.200. The summed E-state index contributed by atoms with van der Waals surface area (Å²) in [5.41, 5.74) is 1.91. The SMILES string of the molecule is O=C(O)CC(c1cccnc1)S(=O)(=O)c1ccc(NC(=O)c2ccc(NC3=NCCCN3)cc2)cc1. The lowest BCUT2D eigenvalue weighted by Gasteiger charge is -2.17. The van der Waals surface area contributed by atoms with Crippen molar-refractivity contribution in [3.05, 3.63) is 84.2 Å². The van der Waals surface area contributed by atoms with Gasteiger partial charge in [-0.1, -0.05) is 6.07 Å². The Morgan fingerprint density at radius 1 is 1.03 bits per heavy atom. The van der Waals surface area contributed by atoms with Gasteiger partial charge in [-0.25, -0.2) is 8.42 Å². The summed E-state index contributed by atoms with van der Waals surface area (Å²) in [5, 5.41) is 17.0. The van der Waals surface area contributed by atoms with Crippen molar-refractivity contribution in [3.8, 4) is 0 Å². The maximum atomic E-state index is 13.2. The highest BCUT2D eigenvalue weighted by Gasteiger charge is 2.31. The number of carboxylic acids is 1. The molecule has 0 fully saturated rings. The molecule has 11 heteroatoms. The second-order valence-corrected chi connectivity index (χ2v) is 10.2. The fourth-order valence-corrected chi connectivity index (χ4v) is 5.39. The molecule has 186 valence electrons. The van der Waals surface area contributed by atoms with Gasteiger partial charge in [0.2, 0.25) is 0 Å². The van der Waals surface area contributed by atoms with Gasteiger partial charge in [0.25, 0.3) is 5.91 Å². The molecule has 3 aromatic rings. The van der Waals surface area contributed by atoms with Crippen LogP contribution in [0.2, 0.25) is 0 Å². The van der Waals surface area contributed by atoms with E-state index in [-0.39, 0.29) is 10.8 Å². The topological polar surface area (TPSA) is 150 Å². The number of benzene rings is 2. The van der Waals surface area contributed by atoms with Gasteiger partial charge in [0.1, 0.15) is 5.25 Å². The Hall–Kier alpha value is -4.25. The molecule has 0 bridgehead atoms. The monoisotopic (exact) mass is 507 g/mol.